The molecule has 0 atom stereocenters. The molecule has 24 heavy (non-hydrogen) atoms. The Bertz CT molecular complexity index is 746. The average molecular weight is 475 g/mol. The van der Waals surface area contributed by atoms with E-state index in [0.29, 0.717) is 10.0 Å². The lowest BCUT2D eigenvalue weighted by molar-refractivity contribution is 0.0627. The molecule has 1 fully saturated rings. The maximum Gasteiger partial charge on any atom is 0.255 e. The summed E-state index contributed by atoms with van der Waals surface area (Å²) < 4.78 is 0.998. The van der Waals surface area contributed by atoms with Gasteiger partial charge in [0.1, 0.15) is 0 Å². The topological polar surface area (TPSA) is 23.6 Å². The van der Waals surface area contributed by atoms with Gasteiger partial charge < -0.3 is 4.90 Å². The van der Waals surface area contributed by atoms with Crippen molar-refractivity contribution in [1.29, 1.82) is 0 Å². The summed E-state index contributed by atoms with van der Waals surface area (Å²) in [6.07, 6.45) is 0. The minimum Gasteiger partial charge on any atom is -0.336 e. The summed E-state index contributed by atoms with van der Waals surface area (Å²) in [6.45, 7) is 4.02. The SMILES string of the molecule is O=C(c1ccccc1I)N1CCN(Cc2ccc(Cl)c(Cl)c2)CC1. The molecule has 0 aliphatic carbocycles. The van der Waals surface area contributed by atoms with Crippen LogP contribution in [0.4, 0.5) is 0 Å². The number of amides is 1. The first-order valence-electron chi connectivity index (χ1n) is 7.74. The van der Waals surface area contributed by atoms with Gasteiger partial charge in [-0.2, -0.15) is 0 Å². The van der Waals surface area contributed by atoms with Crippen molar-refractivity contribution < 1.29 is 4.79 Å². The number of carbonyl (C=O) groups excluding carboxylic acids is 1. The van der Waals surface area contributed by atoms with Crippen LogP contribution in [0.1, 0.15) is 15.9 Å². The Balaban J connectivity index is 1.58. The fourth-order valence-corrected chi connectivity index (χ4v) is 3.75. The zero-order valence-electron chi connectivity index (χ0n) is 13.0. The molecule has 3 rings (SSSR count). The predicted octanol–water partition coefficient (Wildman–Crippen LogP) is 4.56. The molecule has 0 spiro atoms. The minimum absolute atomic E-state index is 0.120. The molecule has 0 N–H and O–H groups in total. The quantitative estimate of drug-likeness (QED) is 0.609. The Hall–Kier alpha value is -0.820. The van der Waals surface area contributed by atoms with E-state index in [4.69, 9.17) is 23.2 Å². The Morgan fingerprint density at radius 3 is 2.38 bits per heavy atom. The molecule has 2 aromatic rings. The Labute approximate surface area is 165 Å². The largest absolute Gasteiger partial charge is 0.336 e. The van der Waals surface area contributed by atoms with Crippen LogP contribution in [0.15, 0.2) is 42.5 Å². The van der Waals surface area contributed by atoms with E-state index in [0.717, 1.165) is 47.4 Å². The molecule has 126 valence electrons. The van der Waals surface area contributed by atoms with Gasteiger partial charge in [-0.25, -0.2) is 0 Å². The molecule has 0 unspecified atom stereocenters. The smallest absolute Gasteiger partial charge is 0.255 e. The van der Waals surface area contributed by atoms with Crippen molar-refractivity contribution in [3.05, 3.63) is 67.2 Å². The maximum atomic E-state index is 12.6. The van der Waals surface area contributed by atoms with Crippen molar-refractivity contribution in [2.24, 2.45) is 0 Å². The number of hydrogen-bond donors (Lipinski definition) is 0. The van der Waals surface area contributed by atoms with Crippen LogP contribution in [0, 0.1) is 3.57 Å². The van der Waals surface area contributed by atoms with Gasteiger partial charge in [0.05, 0.1) is 15.6 Å². The molecule has 2 aromatic carbocycles. The van der Waals surface area contributed by atoms with Crippen LogP contribution in [0.3, 0.4) is 0 Å². The number of piperazine rings is 1. The van der Waals surface area contributed by atoms with Crippen LogP contribution in [-0.4, -0.2) is 41.9 Å². The molecule has 0 radical (unpaired) electrons. The summed E-state index contributed by atoms with van der Waals surface area (Å²) in [5.74, 6) is 0.120. The van der Waals surface area contributed by atoms with Crippen LogP contribution >= 0.6 is 45.8 Å². The molecular weight excluding hydrogens is 458 g/mol. The molecule has 1 amide bonds. The third-order valence-electron chi connectivity index (χ3n) is 4.15. The second kappa shape index (κ2) is 8.04. The average Bonchev–Trinajstić information content (AvgIpc) is 2.59. The number of nitrogens with zero attached hydrogens (tertiary/aromatic N) is 2. The summed E-state index contributed by atoms with van der Waals surface area (Å²) in [4.78, 5) is 16.9. The van der Waals surface area contributed by atoms with E-state index >= 15 is 0 Å². The normalized spacial score (nSPS) is 15.5. The van der Waals surface area contributed by atoms with E-state index in [9.17, 15) is 4.79 Å². The van der Waals surface area contributed by atoms with Gasteiger partial charge in [0, 0.05) is 36.3 Å². The summed E-state index contributed by atoms with van der Waals surface area (Å²) in [6, 6.07) is 13.5. The number of benzene rings is 2. The molecule has 6 heteroatoms. The van der Waals surface area contributed by atoms with Crippen LogP contribution in [0.2, 0.25) is 10.0 Å². The molecule has 3 nitrogen and oxygen atoms in total. The minimum atomic E-state index is 0.120. The van der Waals surface area contributed by atoms with Crippen LogP contribution in [-0.2, 0) is 6.54 Å². The summed E-state index contributed by atoms with van der Waals surface area (Å²) >= 11 is 14.2. The fourth-order valence-electron chi connectivity index (χ4n) is 2.81. The zero-order valence-corrected chi connectivity index (χ0v) is 16.7. The van der Waals surface area contributed by atoms with Crippen molar-refractivity contribution in [1.82, 2.24) is 9.80 Å². The van der Waals surface area contributed by atoms with Crippen molar-refractivity contribution in [3.63, 3.8) is 0 Å². The van der Waals surface area contributed by atoms with Gasteiger partial charge in [-0.15, -0.1) is 0 Å². The van der Waals surface area contributed by atoms with E-state index < -0.39 is 0 Å². The first-order chi connectivity index (χ1) is 11.5. The summed E-state index contributed by atoms with van der Waals surface area (Å²) in [5.41, 5.74) is 1.93. The first-order valence-corrected chi connectivity index (χ1v) is 9.58. The van der Waals surface area contributed by atoms with Crippen molar-refractivity contribution >= 4 is 51.7 Å². The highest BCUT2D eigenvalue weighted by molar-refractivity contribution is 14.1. The lowest BCUT2D eigenvalue weighted by atomic mass is 10.1. The molecule has 1 heterocycles. The van der Waals surface area contributed by atoms with E-state index in [1.54, 1.807) is 0 Å². The number of rotatable bonds is 3. The lowest BCUT2D eigenvalue weighted by Crippen LogP contribution is -2.48. The Morgan fingerprint density at radius 2 is 1.71 bits per heavy atom. The van der Waals surface area contributed by atoms with Crippen molar-refractivity contribution in [2.75, 3.05) is 26.2 Å². The lowest BCUT2D eigenvalue weighted by Gasteiger charge is -2.35. The van der Waals surface area contributed by atoms with Gasteiger partial charge >= 0.3 is 0 Å². The molecule has 0 bridgehead atoms. The van der Waals surface area contributed by atoms with Gasteiger partial charge in [0.15, 0.2) is 0 Å². The highest BCUT2D eigenvalue weighted by atomic mass is 127. The summed E-state index contributed by atoms with van der Waals surface area (Å²) in [5, 5.41) is 1.16. The van der Waals surface area contributed by atoms with Gasteiger partial charge in [0.25, 0.3) is 5.91 Å². The molecule has 1 aliphatic heterocycles. The second-order valence-electron chi connectivity index (χ2n) is 5.80. The van der Waals surface area contributed by atoms with Gasteiger partial charge in [-0.05, 0) is 52.4 Å². The van der Waals surface area contributed by atoms with Crippen LogP contribution in [0.25, 0.3) is 0 Å². The molecule has 0 aromatic heterocycles. The molecular formula is C18H17Cl2IN2O. The number of carbonyl (C=O) groups is 1. The number of hydrogen-bond acceptors (Lipinski definition) is 2. The van der Waals surface area contributed by atoms with E-state index in [-0.39, 0.29) is 5.91 Å². The van der Waals surface area contributed by atoms with Crippen molar-refractivity contribution in [3.8, 4) is 0 Å². The highest BCUT2D eigenvalue weighted by Crippen LogP contribution is 2.23. The molecule has 0 saturated carbocycles. The third kappa shape index (κ3) is 4.23. The van der Waals surface area contributed by atoms with Crippen molar-refractivity contribution in [2.45, 2.75) is 6.54 Å². The van der Waals surface area contributed by atoms with Crippen LogP contribution in [0.5, 0.6) is 0 Å². The second-order valence-corrected chi connectivity index (χ2v) is 7.77. The van der Waals surface area contributed by atoms with E-state index in [1.165, 1.54) is 0 Å². The van der Waals surface area contributed by atoms with E-state index in [2.05, 4.69) is 27.5 Å². The molecule has 1 saturated heterocycles. The standard InChI is InChI=1S/C18H17Cl2IN2O/c19-15-6-5-13(11-16(15)20)12-22-7-9-23(10-8-22)18(24)14-3-1-2-4-17(14)21/h1-6,11H,7-10,12H2. The maximum absolute atomic E-state index is 12.6. The monoisotopic (exact) mass is 474 g/mol. The number of halogens is 3. The van der Waals surface area contributed by atoms with Crippen LogP contribution < -0.4 is 0 Å². The van der Waals surface area contributed by atoms with Gasteiger partial charge in [-0.3, -0.25) is 9.69 Å². The summed E-state index contributed by atoms with van der Waals surface area (Å²) in [7, 11) is 0. The Kier molecular flexibility index (Phi) is 6.02. The third-order valence-corrected chi connectivity index (χ3v) is 5.83. The van der Waals surface area contributed by atoms with Gasteiger partial charge in [-0.1, -0.05) is 41.4 Å². The van der Waals surface area contributed by atoms with Gasteiger partial charge in [0.2, 0.25) is 0 Å². The highest BCUT2D eigenvalue weighted by Gasteiger charge is 2.23. The predicted molar refractivity (Wildman–Crippen MR) is 107 cm³/mol. The zero-order chi connectivity index (χ0) is 17.1. The fraction of sp³-hybridized carbons (Fsp3) is 0.278. The molecule has 1 aliphatic rings. The Morgan fingerprint density at radius 1 is 1.00 bits per heavy atom. The van der Waals surface area contributed by atoms with E-state index in [1.807, 2.05) is 47.4 Å². The first kappa shape index (κ1) is 18.0.